The first-order valence-electron chi connectivity index (χ1n) is 6.02. The van der Waals surface area contributed by atoms with Gasteiger partial charge in [-0.05, 0) is 24.7 Å². The molecule has 0 saturated carbocycles. The Bertz CT molecular complexity index is 380. The average Bonchev–Trinajstić information content (AvgIpc) is 2.32. The molecule has 1 atom stereocenters. The first kappa shape index (κ1) is 13.4. The van der Waals surface area contributed by atoms with Crippen molar-refractivity contribution in [3.63, 3.8) is 0 Å². The number of hydrogen-bond donors (Lipinski definition) is 0. The zero-order chi connectivity index (χ0) is 13.1. The van der Waals surface area contributed by atoms with Crippen LogP contribution in [0.4, 0.5) is 13.2 Å². The van der Waals surface area contributed by atoms with Gasteiger partial charge < -0.3 is 0 Å². The Labute approximate surface area is 105 Å². The summed E-state index contributed by atoms with van der Waals surface area (Å²) in [7, 11) is 1.97. The van der Waals surface area contributed by atoms with Gasteiger partial charge in [-0.25, -0.2) is 13.2 Å². The lowest BCUT2D eigenvalue weighted by Gasteiger charge is -2.39. The van der Waals surface area contributed by atoms with Crippen LogP contribution in [0.1, 0.15) is 11.6 Å². The van der Waals surface area contributed by atoms with Crippen LogP contribution in [0.15, 0.2) is 24.3 Å². The highest BCUT2D eigenvalue weighted by molar-refractivity contribution is 5.21. The number of alkyl halides is 2. The van der Waals surface area contributed by atoms with E-state index in [4.69, 9.17) is 0 Å². The van der Waals surface area contributed by atoms with Gasteiger partial charge >= 0.3 is 0 Å². The highest BCUT2D eigenvalue weighted by Crippen LogP contribution is 2.24. The molecule has 1 heterocycles. The molecule has 0 amide bonds. The van der Waals surface area contributed by atoms with E-state index in [1.54, 1.807) is 17.0 Å². The molecule has 1 aromatic carbocycles. The van der Waals surface area contributed by atoms with E-state index < -0.39 is 6.43 Å². The molecule has 100 valence electrons. The van der Waals surface area contributed by atoms with Crippen molar-refractivity contribution < 1.29 is 13.2 Å². The van der Waals surface area contributed by atoms with E-state index in [1.807, 2.05) is 7.05 Å². The number of piperazine rings is 1. The summed E-state index contributed by atoms with van der Waals surface area (Å²) in [6, 6.07) is 6.33. The van der Waals surface area contributed by atoms with Gasteiger partial charge in [-0.3, -0.25) is 9.80 Å². The second-order valence-electron chi connectivity index (χ2n) is 4.70. The van der Waals surface area contributed by atoms with Gasteiger partial charge in [0.15, 0.2) is 0 Å². The van der Waals surface area contributed by atoms with Crippen LogP contribution < -0.4 is 0 Å². The third kappa shape index (κ3) is 3.23. The second kappa shape index (κ2) is 5.71. The molecular weight excluding hydrogens is 241 g/mol. The Morgan fingerprint density at radius 2 is 1.89 bits per heavy atom. The lowest BCUT2D eigenvalue weighted by atomic mass is 10.0. The van der Waals surface area contributed by atoms with Gasteiger partial charge in [-0.15, -0.1) is 0 Å². The summed E-state index contributed by atoms with van der Waals surface area (Å²) < 4.78 is 37.7. The van der Waals surface area contributed by atoms with Crippen LogP contribution in [0.3, 0.4) is 0 Å². The van der Waals surface area contributed by atoms with Crippen LogP contribution in [0, 0.1) is 5.82 Å². The van der Waals surface area contributed by atoms with E-state index in [-0.39, 0.29) is 18.4 Å². The largest absolute Gasteiger partial charge is 0.297 e. The fraction of sp³-hybridized carbons (Fsp3) is 0.538. The molecule has 1 aliphatic rings. The molecule has 0 N–H and O–H groups in total. The lowest BCUT2D eigenvalue weighted by Crippen LogP contribution is -2.47. The van der Waals surface area contributed by atoms with Crippen LogP contribution in [0.25, 0.3) is 0 Å². The molecule has 1 aromatic rings. The molecular formula is C13H17F3N2. The van der Waals surface area contributed by atoms with Crippen LogP contribution in [0.2, 0.25) is 0 Å². The summed E-state index contributed by atoms with van der Waals surface area (Å²) in [4.78, 5) is 3.88. The second-order valence-corrected chi connectivity index (χ2v) is 4.70. The maximum absolute atomic E-state index is 12.9. The van der Waals surface area contributed by atoms with Gasteiger partial charge in [0.1, 0.15) is 5.82 Å². The summed E-state index contributed by atoms with van der Waals surface area (Å²) in [5.74, 6) is -0.276. The van der Waals surface area contributed by atoms with Gasteiger partial charge in [-0.1, -0.05) is 12.1 Å². The number of benzene rings is 1. The number of halogens is 3. The predicted octanol–water partition coefficient (Wildman–Crippen LogP) is 2.38. The van der Waals surface area contributed by atoms with Crippen LogP contribution in [0.5, 0.6) is 0 Å². The third-order valence-corrected chi connectivity index (χ3v) is 3.38. The van der Waals surface area contributed by atoms with Gasteiger partial charge in [0.05, 0.1) is 6.54 Å². The quantitative estimate of drug-likeness (QED) is 0.821. The monoisotopic (exact) mass is 258 g/mol. The average molecular weight is 258 g/mol. The van der Waals surface area contributed by atoms with E-state index in [0.29, 0.717) is 13.1 Å². The summed E-state index contributed by atoms with van der Waals surface area (Å²) in [6.45, 7) is 1.77. The lowest BCUT2D eigenvalue weighted by molar-refractivity contribution is 0.0380. The Morgan fingerprint density at radius 1 is 1.22 bits per heavy atom. The molecule has 0 bridgehead atoms. The molecule has 0 unspecified atom stereocenters. The van der Waals surface area contributed by atoms with Gasteiger partial charge in [0, 0.05) is 25.7 Å². The van der Waals surface area contributed by atoms with Crippen molar-refractivity contribution in [3.8, 4) is 0 Å². The predicted molar refractivity (Wildman–Crippen MR) is 64.2 cm³/mol. The standard InChI is InChI=1S/C13H17F3N2/c1-17-6-7-18(9-13(15)16)8-12(17)10-2-4-11(14)5-3-10/h2-5,12-13H,6-9H2,1H3/t12-/m0/s1. The van der Waals surface area contributed by atoms with Gasteiger partial charge in [-0.2, -0.15) is 0 Å². The topological polar surface area (TPSA) is 6.48 Å². The minimum absolute atomic E-state index is 0.0538. The van der Waals surface area contributed by atoms with Crippen LogP contribution >= 0.6 is 0 Å². The van der Waals surface area contributed by atoms with E-state index in [0.717, 1.165) is 12.1 Å². The molecule has 0 aliphatic carbocycles. The van der Waals surface area contributed by atoms with E-state index in [9.17, 15) is 13.2 Å². The van der Waals surface area contributed by atoms with Crippen molar-refractivity contribution in [2.45, 2.75) is 12.5 Å². The van der Waals surface area contributed by atoms with Crippen molar-refractivity contribution >= 4 is 0 Å². The zero-order valence-corrected chi connectivity index (χ0v) is 10.3. The molecule has 0 radical (unpaired) electrons. The van der Waals surface area contributed by atoms with Gasteiger partial charge in [0.25, 0.3) is 6.43 Å². The fourth-order valence-electron chi connectivity index (χ4n) is 2.34. The summed E-state index contributed by atoms with van der Waals surface area (Å²) in [5.41, 5.74) is 0.970. The number of likely N-dealkylation sites (N-methyl/N-ethyl adjacent to an activating group) is 1. The molecule has 1 saturated heterocycles. The summed E-state index contributed by atoms with van der Waals surface area (Å²) in [5, 5.41) is 0. The minimum Gasteiger partial charge on any atom is -0.297 e. The molecule has 1 aliphatic heterocycles. The van der Waals surface area contributed by atoms with Crippen molar-refractivity contribution in [1.29, 1.82) is 0 Å². The molecule has 2 rings (SSSR count). The Kier molecular flexibility index (Phi) is 4.24. The number of rotatable bonds is 3. The first-order valence-corrected chi connectivity index (χ1v) is 6.02. The summed E-state index contributed by atoms with van der Waals surface area (Å²) >= 11 is 0. The Balaban J connectivity index is 2.07. The van der Waals surface area contributed by atoms with E-state index >= 15 is 0 Å². The van der Waals surface area contributed by atoms with Crippen LogP contribution in [-0.4, -0.2) is 49.5 Å². The zero-order valence-electron chi connectivity index (χ0n) is 10.3. The highest BCUT2D eigenvalue weighted by Gasteiger charge is 2.26. The van der Waals surface area contributed by atoms with Crippen LogP contribution in [-0.2, 0) is 0 Å². The van der Waals surface area contributed by atoms with Crippen molar-refractivity contribution in [2.24, 2.45) is 0 Å². The molecule has 0 aromatic heterocycles. The van der Waals surface area contributed by atoms with E-state index in [1.165, 1.54) is 12.1 Å². The molecule has 18 heavy (non-hydrogen) atoms. The molecule has 0 spiro atoms. The molecule has 2 nitrogen and oxygen atoms in total. The number of nitrogens with zero attached hydrogens (tertiary/aromatic N) is 2. The van der Waals surface area contributed by atoms with E-state index in [2.05, 4.69) is 4.90 Å². The number of hydrogen-bond acceptors (Lipinski definition) is 2. The van der Waals surface area contributed by atoms with Crippen molar-refractivity contribution in [1.82, 2.24) is 9.80 Å². The Hall–Kier alpha value is -1.07. The van der Waals surface area contributed by atoms with Crippen molar-refractivity contribution in [2.75, 3.05) is 33.2 Å². The Morgan fingerprint density at radius 3 is 2.50 bits per heavy atom. The van der Waals surface area contributed by atoms with Crippen molar-refractivity contribution in [3.05, 3.63) is 35.6 Å². The maximum Gasteiger partial charge on any atom is 0.251 e. The maximum atomic E-state index is 12.9. The normalized spacial score (nSPS) is 22.6. The van der Waals surface area contributed by atoms with Gasteiger partial charge in [0.2, 0.25) is 0 Å². The smallest absolute Gasteiger partial charge is 0.251 e. The molecule has 1 fully saturated rings. The highest BCUT2D eigenvalue weighted by atomic mass is 19.3. The fourth-order valence-corrected chi connectivity index (χ4v) is 2.34. The first-order chi connectivity index (χ1) is 8.56. The minimum atomic E-state index is -2.30. The summed E-state index contributed by atoms with van der Waals surface area (Å²) in [6.07, 6.45) is -2.30. The molecule has 5 heteroatoms. The SMILES string of the molecule is CN1CCN(CC(F)F)C[C@H]1c1ccc(F)cc1. The third-order valence-electron chi connectivity index (χ3n) is 3.38.